The lowest BCUT2D eigenvalue weighted by molar-refractivity contribution is -0.0397. The lowest BCUT2D eigenvalue weighted by Crippen LogP contribution is -2.41. The molecule has 1 saturated heterocycles. The topological polar surface area (TPSA) is 32.7 Å². The van der Waals surface area contributed by atoms with Crippen molar-refractivity contribution in [2.45, 2.75) is 44.8 Å². The van der Waals surface area contributed by atoms with Crippen LogP contribution >= 0.6 is 0 Å². The molecule has 1 fully saturated rings. The lowest BCUT2D eigenvalue weighted by atomic mass is 9.90. The highest BCUT2D eigenvalue weighted by Crippen LogP contribution is 2.21. The quantitative estimate of drug-likeness (QED) is 0.785. The third kappa shape index (κ3) is 6.35. The lowest BCUT2D eigenvalue weighted by Gasteiger charge is -2.33. The first-order valence-corrected chi connectivity index (χ1v) is 8.54. The summed E-state index contributed by atoms with van der Waals surface area (Å²) in [5, 5.41) is 10.1. The SMILES string of the molecule is C#CC(C)(C)OC[C@@H](O)CN1CCC(Cc2ccccc2)CC1. The van der Waals surface area contributed by atoms with Crippen LogP contribution in [0.5, 0.6) is 0 Å². The second kappa shape index (κ2) is 8.49. The largest absolute Gasteiger partial charge is 0.389 e. The highest BCUT2D eigenvalue weighted by atomic mass is 16.5. The Morgan fingerprint density at radius 1 is 1.30 bits per heavy atom. The molecule has 0 amide bonds. The van der Waals surface area contributed by atoms with E-state index in [4.69, 9.17) is 11.2 Å². The van der Waals surface area contributed by atoms with Crippen molar-refractivity contribution in [2.24, 2.45) is 5.92 Å². The fourth-order valence-corrected chi connectivity index (χ4v) is 3.02. The van der Waals surface area contributed by atoms with Gasteiger partial charge in [-0.3, -0.25) is 0 Å². The molecule has 1 N–H and O–H groups in total. The van der Waals surface area contributed by atoms with Crippen LogP contribution in [0.2, 0.25) is 0 Å². The average Bonchev–Trinajstić information content (AvgIpc) is 2.56. The van der Waals surface area contributed by atoms with Crippen molar-refractivity contribution in [1.82, 2.24) is 4.90 Å². The third-order valence-corrected chi connectivity index (χ3v) is 4.53. The molecule has 0 aromatic heterocycles. The van der Waals surface area contributed by atoms with Crippen LogP contribution in [0, 0.1) is 18.3 Å². The Morgan fingerprint density at radius 2 is 1.96 bits per heavy atom. The number of nitrogens with zero attached hydrogens (tertiary/aromatic N) is 1. The normalized spacial score (nSPS) is 18.5. The van der Waals surface area contributed by atoms with Gasteiger partial charge in [0, 0.05) is 6.54 Å². The number of aliphatic hydroxyl groups is 1. The van der Waals surface area contributed by atoms with Gasteiger partial charge in [0.15, 0.2) is 0 Å². The number of hydrogen-bond acceptors (Lipinski definition) is 3. The molecule has 3 nitrogen and oxygen atoms in total. The Balaban J connectivity index is 1.67. The van der Waals surface area contributed by atoms with E-state index in [-0.39, 0.29) is 0 Å². The van der Waals surface area contributed by atoms with Crippen LogP contribution in [0.4, 0.5) is 0 Å². The van der Waals surface area contributed by atoms with E-state index in [1.807, 2.05) is 13.8 Å². The highest BCUT2D eigenvalue weighted by Gasteiger charge is 2.22. The monoisotopic (exact) mass is 315 g/mol. The molecule has 1 aromatic carbocycles. The number of benzene rings is 1. The van der Waals surface area contributed by atoms with E-state index in [1.54, 1.807) is 0 Å². The molecule has 23 heavy (non-hydrogen) atoms. The predicted octanol–water partition coefficient (Wildman–Crippen LogP) is 2.73. The van der Waals surface area contributed by atoms with Crippen LogP contribution in [-0.2, 0) is 11.2 Å². The van der Waals surface area contributed by atoms with Crippen LogP contribution in [0.1, 0.15) is 32.3 Å². The van der Waals surface area contributed by atoms with E-state index in [0.717, 1.165) is 25.4 Å². The molecule has 1 heterocycles. The number of piperidine rings is 1. The van der Waals surface area contributed by atoms with Crippen molar-refractivity contribution in [1.29, 1.82) is 0 Å². The molecule has 3 heteroatoms. The zero-order valence-corrected chi connectivity index (χ0v) is 14.4. The summed E-state index contributed by atoms with van der Waals surface area (Å²) in [6.45, 7) is 6.74. The minimum absolute atomic E-state index is 0.293. The van der Waals surface area contributed by atoms with Gasteiger partial charge in [-0.05, 0) is 57.7 Å². The Morgan fingerprint density at radius 3 is 2.57 bits per heavy atom. The van der Waals surface area contributed by atoms with E-state index in [9.17, 15) is 5.11 Å². The second-order valence-corrected chi connectivity index (χ2v) is 7.05. The maximum Gasteiger partial charge on any atom is 0.122 e. The minimum Gasteiger partial charge on any atom is -0.389 e. The smallest absolute Gasteiger partial charge is 0.122 e. The fourth-order valence-electron chi connectivity index (χ4n) is 3.02. The maximum atomic E-state index is 10.1. The standard InChI is InChI=1S/C20H29NO2/c1-4-20(2,3)23-16-19(22)15-21-12-10-18(11-13-21)14-17-8-6-5-7-9-17/h1,5-9,18-19,22H,10-16H2,2-3H3/t19-/m0/s1. The molecule has 0 unspecified atom stereocenters. The van der Waals surface area contributed by atoms with Crippen molar-refractivity contribution >= 4 is 0 Å². The summed E-state index contributed by atoms with van der Waals surface area (Å²) in [6, 6.07) is 10.7. The van der Waals surface area contributed by atoms with Gasteiger partial charge in [-0.2, -0.15) is 0 Å². The minimum atomic E-state index is -0.607. The summed E-state index contributed by atoms with van der Waals surface area (Å²) < 4.78 is 5.57. The van der Waals surface area contributed by atoms with Gasteiger partial charge in [-0.15, -0.1) is 6.42 Å². The van der Waals surface area contributed by atoms with Crippen molar-refractivity contribution in [3.8, 4) is 12.3 Å². The molecule has 1 aliphatic rings. The van der Waals surface area contributed by atoms with Crippen molar-refractivity contribution in [2.75, 3.05) is 26.2 Å². The molecule has 0 bridgehead atoms. The number of ether oxygens (including phenoxy) is 1. The molecule has 2 rings (SSSR count). The first-order chi connectivity index (χ1) is 11.0. The highest BCUT2D eigenvalue weighted by molar-refractivity contribution is 5.15. The predicted molar refractivity (Wildman–Crippen MR) is 94.2 cm³/mol. The molecule has 0 aliphatic carbocycles. The summed E-state index contributed by atoms with van der Waals surface area (Å²) >= 11 is 0. The molecule has 1 aliphatic heterocycles. The van der Waals surface area contributed by atoms with Crippen molar-refractivity contribution in [3.05, 3.63) is 35.9 Å². The van der Waals surface area contributed by atoms with E-state index in [1.165, 1.54) is 18.4 Å². The first-order valence-electron chi connectivity index (χ1n) is 8.54. The molecule has 126 valence electrons. The third-order valence-electron chi connectivity index (χ3n) is 4.53. The number of aliphatic hydroxyl groups excluding tert-OH is 1. The Kier molecular flexibility index (Phi) is 6.65. The number of hydrogen-bond donors (Lipinski definition) is 1. The molecule has 0 radical (unpaired) electrons. The van der Waals surface area contributed by atoms with Gasteiger partial charge in [0.05, 0.1) is 12.7 Å². The van der Waals surface area contributed by atoms with Crippen molar-refractivity contribution in [3.63, 3.8) is 0 Å². The zero-order valence-electron chi connectivity index (χ0n) is 14.4. The van der Waals surface area contributed by atoms with E-state index in [2.05, 4.69) is 41.2 Å². The van der Waals surface area contributed by atoms with E-state index in [0.29, 0.717) is 13.2 Å². The van der Waals surface area contributed by atoms with Gasteiger partial charge >= 0.3 is 0 Å². The maximum absolute atomic E-state index is 10.1. The van der Waals surface area contributed by atoms with Crippen LogP contribution in [0.15, 0.2) is 30.3 Å². The fraction of sp³-hybridized carbons (Fsp3) is 0.600. The van der Waals surface area contributed by atoms with Crippen LogP contribution in [0.3, 0.4) is 0 Å². The van der Waals surface area contributed by atoms with Gasteiger partial charge in [-0.25, -0.2) is 0 Å². The zero-order chi connectivity index (χ0) is 16.7. The van der Waals surface area contributed by atoms with E-state index >= 15 is 0 Å². The molecule has 1 atom stereocenters. The number of β-amino-alcohol motifs (C(OH)–C–C–N with tert-alkyl or cyclic N) is 1. The first kappa shape index (κ1) is 18.0. The summed E-state index contributed by atoms with van der Waals surface area (Å²) in [7, 11) is 0. The molecule has 0 spiro atoms. The van der Waals surface area contributed by atoms with Gasteiger partial charge in [-0.1, -0.05) is 36.3 Å². The van der Waals surface area contributed by atoms with Crippen LogP contribution < -0.4 is 0 Å². The molecule has 1 aromatic rings. The second-order valence-electron chi connectivity index (χ2n) is 7.05. The summed E-state index contributed by atoms with van der Waals surface area (Å²) in [5.41, 5.74) is 0.819. The molecular formula is C20H29NO2. The average molecular weight is 315 g/mol. The van der Waals surface area contributed by atoms with Gasteiger partial charge in [0.1, 0.15) is 5.60 Å². The Labute approximate surface area is 140 Å². The Hall–Kier alpha value is -1.34. The Bertz CT molecular complexity index is 498. The number of likely N-dealkylation sites (tertiary alicyclic amines) is 1. The van der Waals surface area contributed by atoms with E-state index < -0.39 is 11.7 Å². The summed E-state index contributed by atoms with van der Waals surface area (Å²) in [4.78, 5) is 2.33. The van der Waals surface area contributed by atoms with Gasteiger partial charge in [0.25, 0.3) is 0 Å². The van der Waals surface area contributed by atoms with Crippen molar-refractivity contribution < 1.29 is 9.84 Å². The summed E-state index contributed by atoms with van der Waals surface area (Å²) in [6.07, 6.45) is 8.46. The van der Waals surface area contributed by atoms with Crippen LogP contribution in [-0.4, -0.2) is 48.0 Å². The van der Waals surface area contributed by atoms with Crippen LogP contribution in [0.25, 0.3) is 0 Å². The number of terminal acetylenes is 1. The van der Waals surface area contributed by atoms with Gasteiger partial charge in [0.2, 0.25) is 0 Å². The van der Waals surface area contributed by atoms with Gasteiger partial charge < -0.3 is 14.7 Å². The number of rotatable bonds is 7. The molecular weight excluding hydrogens is 286 g/mol. The summed E-state index contributed by atoms with van der Waals surface area (Å²) in [5.74, 6) is 3.33. The molecule has 0 saturated carbocycles.